The highest BCUT2D eigenvalue weighted by atomic mass is 16.4. The van der Waals surface area contributed by atoms with Crippen molar-refractivity contribution in [3.8, 4) is 0 Å². The zero-order valence-corrected chi connectivity index (χ0v) is 31.4. The van der Waals surface area contributed by atoms with Crippen LogP contribution in [-0.4, -0.2) is 68.9 Å². The van der Waals surface area contributed by atoms with Crippen molar-refractivity contribution in [2.45, 2.75) is 220 Å². The van der Waals surface area contributed by atoms with Gasteiger partial charge in [0.1, 0.15) is 12.1 Å². The fraction of sp³-hybridized carbons (Fsp3) is 0.902. The molecule has 0 radical (unpaired) electrons. The van der Waals surface area contributed by atoms with Crippen molar-refractivity contribution < 1.29 is 29.4 Å². The van der Waals surface area contributed by atoms with Crippen molar-refractivity contribution >= 4 is 23.8 Å². The van der Waals surface area contributed by atoms with Gasteiger partial charge in [-0.1, -0.05) is 163 Å². The Bertz CT molecular complexity index is 865. The summed E-state index contributed by atoms with van der Waals surface area (Å²) in [6, 6.07) is -1.16. The maximum absolute atomic E-state index is 12.2. The molecule has 0 aliphatic carbocycles. The Labute approximate surface area is 301 Å². The maximum Gasteiger partial charge on any atom is 0.326 e. The van der Waals surface area contributed by atoms with Gasteiger partial charge in [-0.3, -0.25) is 9.59 Å². The van der Waals surface area contributed by atoms with Crippen molar-refractivity contribution in [2.75, 3.05) is 13.1 Å². The molecule has 3 atom stereocenters. The van der Waals surface area contributed by atoms with E-state index in [0.29, 0.717) is 44.7 Å². The second-order valence-electron chi connectivity index (χ2n) is 14.6. The SMILES string of the molecule is C.CCCCCCCCCCC(CCCCCCCC)CN1C(=O)CCC1C(=O)O.CCCCCCCCCCN1C(=O)CCC1C(=O)O. The minimum absolute atomic E-state index is 0. The van der Waals surface area contributed by atoms with Crippen molar-refractivity contribution in [1.29, 1.82) is 0 Å². The summed E-state index contributed by atoms with van der Waals surface area (Å²) in [7, 11) is 0. The number of carbonyl (C=O) groups is 4. The summed E-state index contributed by atoms with van der Waals surface area (Å²) in [5, 5.41) is 18.5. The van der Waals surface area contributed by atoms with E-state index in [9.17, 15) is 24.3 Å². The summed E-state index contributed by atoms with van der Waals surface area (Å²) in [4.78, 5) is 49.6. The molecule has 2 heterocycles. The zero-order valence-electron chi connectivity index (χ0n) is 31.4. The highest BCUT2D eigenvalue weighted by Gasteiger charge is 2.37. The minimum atomic E-state index is -0.856. The lowest BCUT2D eigenvalue weighted by molar-refractivity contribution is -0.146. The smallest absolute Gasteiger partial charge is 0.326 e. The summed E-state index contributed by atoms with van der Waals surface area (Å²) in [5.41, 5.74) is 0. The van der Waals surface area contributed by atoms with E-state index >= 15 is 0 Å². The molecule has 2 N–H and O–H groups in total. The van der Waals surface area contributed by atoms with Crippen LogP contribution in [0.4, 0.5) is 0 Å². The van der Waals surface area contributed by atoms with E-state index in [1.807, 2.05) is 0 Å². The van der Waals surface area contributed by atoms with Gasteiger partial charge in [0.15, 0.2) is 0 Å². The summed E-state index contributed by atoms with van der Waals surface area (Å²) in [6.07, 6.45) is 32.0. The van der Waals surface area contributed by atoms with Crippen LogP contribution in [0.2, 0.25) is 0 Å². The predicted molar refractivity (Wildman–Crippen MR) is 203 cm³/mol. The number of nitrogens with zero attached hydrogens (tertiary/aromatic N) is 2. The van der Waals surface area contributed by atoms with Crippen molar-refractivity contribution in [3.63, 3.8) is 0 Å². The number of hydrogen-bond acceptors (Lipinski definition) is 4. The van der Waals surface area contributed by atoms with Gasteiger partial charge in [-0.05, 0) is 38.0 Å². The predicted octanol–water partition coefficient (Wildman–Crippen LogP) is 10.8. The maximum atomic E-state index is 12.2. The molecule has 2 rings (SSSR count). The summed E-state index contributed by atoms with van der Waals surface area (Å²) in [5.74, 6) is -1.17. The average Bonchev–Trinajstić information content (AvgIpc) is 3.63. The van der Waals surface area contributed by atoms with E-state index in [2.05, 4.69) is 20.8 Å². The molecule has 8 nitrogen and oxygen atoms in total. The van der Waals surface area contributed by atoms with E-state index in [0.717, 1.165) is 25.7 Å². The number of aliphatic carboxylic acids is 2. The fourth-order valence-electron chi connectivity index (χ4n) is 7.29. The number of rotatable bonds is 29. The third kappa shape index (κ3) is 21.6. The lowest BCUT2D eigenvalue weighted by atomic mass is 9.93. The first kappa shape index (κ1) is 46.9. The third-order valence-electron chi connectivity index (χ3n) is 10.4. The Hall–Kier alpha value is -2.12. The molecule has 2 aliphatic rings. The monoisotopic (exact) mass is 695 g/mol. The van der Waals surface area contributed by atoms with Gasteiger partial charge in [0, 0.05) is 25.9 Å². The Morgan fingerprint density at radius 3 is 1.27 bits per heavy atom. The highest BCUT2D eigenvalue weighted by Crippen LogP contribution is 2.26. The van der Waals surface area contributed by atoms with Gasteiger partial charge in [-0.15, -0.1) is 0 Å². The van der Waals surface area contributed by atoms with E-state index < -0.39 is 24.0 Å². The number of unbranched alkanes of at least 4 members (excludes halogenated alkanes) is 19. The first-order valence-electron chi connectivity index (χ1n) is 20.3. The number of amides is 2. The number of likely N-dealkylation sites (tertiary alicyclic amines) is 2. The van der Waals surface area contributed by atoms with E-state index in [1.165, 1.54) is 128 Å². The molecule has 3 unspecified atom stereocenters. The molecule has 2 aliphatic heterocycles. The third-order valence-corrected chi connectivity index (χ3v) is 10.4. The van der Waals surface area contributed by atoms with E-state index in [-0.39, 0.29) is 19.2 Å². The molecule has 0 aromatic heterocycles. The number of hydrogen-bond donors (Lipinski definition) is 2. The van der Waals surface area contributed by atoms with E-state index in [4.69, 9.17) is 5.11 Å². The first-order chi connectivity index (χ1) is 23.3. The van der Waals surface area contributed by atoms with Crippen molar-refractivity contribution in [2.24, 2.45) is 5.92 Å². The molecular formula is C41H78N2O6. The quantitative estimate of drug-likeness (QED) is 0.0753. The Balaban J connectivity index is 0.000001000. The fourth-order valence-corrected chi connectivity index (χ4v) is 7.29. The number of carboxylic acids is 2. The van der Waals surface area contributed by atoms with Gasteiger partial charge in [-0.2, -0.15) is 0 Å². The molecular weight excluding hydrogens is 616 g/mol. The molecule has 2 saturated heterocycles. The molecule has 0 bridgehead atoms. The van der Waals surface area contributed by atoms with Crippen LogP contribution in [0.5, 0.6) is 0 Å². The molecule has 2 fully saturated rings. The molecule has 0 saturated carbocycles. The van der Waals surface area contributed by atoms with Gasteiger partial charge in [0.2, 0.25) is 11.8 Å². The summed E-state index contributed by atoms with van der Waals surface area (Å²) < 4.78 is 0. The van der Waals surface area contributed by atoms with E-state index in [1.54, 1.807) is 9.80 Å². The van der Waals surface area contributed by atoms with Gasteiger partial charge in [0.05, 0.1) is 0 Å². The zero-order chi connectivity index (χ0) is 35.4. The van der Waals surface area contributed by atoms with Crippen LogP contribution in [0.3, 0.4) is 0 Å². The van der Waals surface area contributed by atoms with Crippen molar-refractivity contribution in [3.05, 3.63) is 0 Å². The van der Waals surface area contributed by atoms with Crippen LogP contribution >= 0.6 is 0 Å². The molecule has 288 valence electrons. The number of carboxylic acid groups (broad SMARTS) is 2. The minimum Gasteiger partial charge on any atom is -0.480 e. The first-order valence-corrected chi connectivity index (χ1v) is 20.3. The van der Waals surface area contributed by atoms with Crippen LogP contribution in [0.15, 0.2) is 0 Å². The molecule has 0 spiro atoms. The molecule has 8 heteroatoms. The standard InChI is InChI=1S/C25H47NO3.C15H27NO3.CH4/c1-3-5-7-9-11-12-14-16-18-22(17-15-13-10-8-6-4-2)21-26-23(25(28)29)19-20-24(26)27;1-2-3-4-5-6-7-8-9-12-16-13(15(18)19)10-11-14(16)17;/h22-23H,3-21H2,1-2H3,(H,28,29);13H,2-12H2,1H3,(H,18,19);1H4. The Morgan fingerprint density at radius 1 is 0.551 bits per heavy atom. The molecule has 0 aromatic carbocycles. The Morgan fingerprint density at radius 2 is 0.878 bits per heavy atom. The van der Waals surface area contributed by atoms with Crippen LogP contribution in [-0.2, 0) is 19.2 Å². The van der Waals surface area contributed by atoms with Crippen LogP contribution in [0, 0.1) is 5.92 Å². The van der Waals surface area contributed by atoms with Crippen LogP contribution < -0.4 is 0 Å². The van der Waals surface area contributed by atoms with Gasteiger partial charge < -0.3 is 20.0 Å². The Kier molecular flexibility index (Phi) is 29.4. The van der Waals surface area contributed by atoms with Gasteiger partial charge in [0.25, 0.3) is 0 Å². The molecule has 0 aromatic rings. The lowest BCUT2D eigenvalue weighted by Crippen LogP contribution is -2.41. The second-order valence-corrected chi connectivity index (χ2v) is 14.6. The second kappa shape index (κ2) is 30.7. The lowest BCUT2D eigenvalue weighted by Gasteiger charge is -2.27. The van der Waals surface area contributed by atoms with Crippen LogP contribution in [0.25, 0.3) is 0 Å². The highest BCUT2D eigenvalue weighted by molar-refractivity contribution is 5.88. The van der Waals surface area contributed by atoms with Crippen molar-refractivity contribution in [1.82, 2.24) is 9.80 Å². The van der Waals surface area contributed by atoms with Gasteiger partial charge in [-0.25, -0.2) is 9.59 Å². The van der Waals surface area contributed by atoms with Crippen LogP contribution in [0.1, 0.15) is 208 Å². The normalized spacial score (nSPS) is 17.9. The summed E-state index contributed by atoms with van der Waals surface area (Å²) in [6.45, 7) is 7.98. The molecule has 2 amide bonds. The van der Waals surface area contributed by atoms with Gasteiger partial charge >= 0.3 is 11.9 Å². The summed E-state index contributed by atoms with van der Waals surface area (Å²) >= 11 is 0. The topological polar surface area (TPSA) is 115 Å². The molecule has 49 heavy (non-hydrogen) atoms. The number of carbonyl (C=O) groups excluding carboxylic acids is 2. The average molecular weight is 695 g/mol. The largest absolute Gasteiger partial charge is 0.480 e.